The van der Waals surface area contributed by atoms with Crippen molar-refractivity contribution >= 4 is 22.5 Å². The SMILES string of the molecule is CCCCn1c(Cl)c(C#N)c2cccc(C)c21. The minimum atomic E-state index is 0.574. The Bertz CT molecular complexity index is 590. The van der Waals surface area contributed by atoms with E-state index in [2.05, 4.69) is 30.6 Å². The number of hydrogen-bond donors (Lipinski definition) is 0. The number of nitrogens with zero attached hydrogens (tertiary/aromatic N) is 2. The average Bonchev–Trinajstić information content (AvgIpc) is 2.60. The largest absolute Gasteiger partial charge is 0.330 e. The fraction of sp³-hybridized carbons (Fsp3) is 0.357. The van der Waals surface area contributed by atoms with E-state index in [0.29, 0.717) is 10.7 Å². The molecule has 0 N–H and O–H groups in total. The molecule has 2 rings (SSSR count). The summed E-state index contributed by atoms with van der Waals surface area (Å²) >= 11 is 6.30. The van der Waals surface area contributed by atoms with Gasteiger partial charge in [0.2, 0.25) is 0 Å². The third-order valence-corrected chi connectivity index (χ3v) is 3.46. The molecule has 0 unspecified atom stereocenters. The van der Waals surface area contributed by atoms with Crippen LogP contribution in [-0.4, -0.2) is 4.57 Å². The molecule has 3 heteroatoms. The van der Waals surface area contributed by atoms with Gasteiger partial charge in [-0.2, -0.15) is 5.26 Å². The minimum Gasteiger partial charge on any atom is -0.330 e. The van der Waals surface area contributed by atoms with Gasteiger partial charge < -0.3 is 4.57 Å². The van der Waals surface area contributed by atoms with Gasteiger partial charge in [0.15, 0.2) is 0 Å². The Hall–Kier alpha value is -1.46. The monoisotopic (exact) mass is 246 g/mol. The van der Waals surface area contributed by atoms with Crippen LogP contribution in [0.15, 0.2) is 18.2 Å². The van der Waals surface area contributed by atoms with Crippen molar-refractivity contribution in [1.29, 1.82) is 5.26 Å². The molecule has 2 aromatic rings. The summed E-state index contributed by atoms with van der Waals surface area (Å²) in [5.41, 5.74) is 2.87. The van der Waals surface area contributed by atoms with E-state index in [1.165, 1.54) is 5.56 Å². The van der Waals surface area contributed by atoms with Gasteiger partial charge in [-0.3, -0.25) is 0 Å². The molecule has 1 heterocycles. The predicted octanol–water partition coefficient (Wildman–Crippen LogP) is 4.27. The zero-order valence-electron chi connectivity index (χ0n) is 10.1. The smallest absolute Gasteiger partial charge is 0.128 e. The highest BCUT2D eigenvalue weighted by Crippen LogP contribution is 2.31. The molecule has 0 aliphatic heterocycles. The lowest BCUT2D eigenvalue weighted by atomic mass is 10.1. The average molecular weight is 247 g/mol. The molecule has 0 atom stereocenters. The van der Waals surface area contributed by atoms with E-state index in [1.807, 2.05) is 12.1 Å². The molecule has 17 heavy (non-hydrogen) atoms. The molecule has 0 aliphatic carbocycles. The second kappa shape index (κ2) is 4.81. The van der Waals surface area contributed by atoms with Gasteiger partial charge in [0.05, 0.1) is 11.1 Å². The van der Waals surface area contributed by atoms with E-state index in [1.54, 1.807) is 0 Å². The maximum absolute atomic E-state index is 9.20. The third-order valence-electron chi connectivity index (χ3n) is 3.07. The molecule has 1 aromatic carbocycles. The Balaban J connectivity index is 2.73. The number of fused-ring (bicyclic) bond motifs is 1. The first-order valence-electron chi connectivity index (χ1n) is 5.88. The number of hydrogen-bond acceptors (Lipinski definition) is 1. The molecule has 0 saturated carbocycles. The van der Waals surface area contributed by atoms with Crippen molar-refractivity contribution in [1.82, 2.24) is 4.57 Å². The van der Waals surface area contributed by atoms with Crippen molar-refractivity contribution < 1.29 is 0 Å². The van der Waals surface area contributed by atoms with Crippen LogP contribution in [0.4, 0.5) is 0 Å². The summed E-state index contributed by atoms with van der Waals surface area (Å²) in [5.74, 6) is 0. The molecular formula is C14H15ClN2. The predicted molar refractivity (Wildman–Crippen MR) is 71.3 cm³/mol. The van der Waals surface area contributed by atoms with Crippen LogP contribution in [0.3, 0.4) is 0 Å². The van der Waals surface area contributed by atoms with Crippen molar-refractivity contribution in [2.75, 3.05) is 0 Å². The Morgan fingerprint density at radius 3 is 2.82 bits per heavy atom. The summed E-state index contributed by atoms with van der Waals surface area (Å²) in [4.78, 5) is 0. The summed E-state index contributed by atoms with van der Waals surface area (Å²) in [6.07, 6.45) is 2.19. The van der Waals surface area contributed by atoms with Crippen molar-refractivity contribution in [2.45, 2.75) is 33.2 Å². The van der Waals surface area contributed by atoms with Crippen molar-refractivity contribution in [3.05, 3.63) is 34.5 Å². The van der Waals surface area contributed by atoms with E-state index < -0.39 is 0 Å². The van der Waals surface area contributed by atoms with Crippen molar-refractivity contribution in [3.8, 4) is 6.07 Å². The van der Waals surface area contributed by atoms with Crippen LogP contribution in [0.25, 0.3) is 10.9 Å². The van der Waals surface area contributed by atoms with E-state index in [4.69, 9.17) is 11.6 Å². The quantitative estimate of drug-likeness (QED) is 0.795. The van der Waals surface area contributed by atoms with Gasteiger partial charge in [0.25, 0.3) is 0 Å². The zero-order valence-corrected chi connectivity index (χ0v) is 10.9. The Morgan fingerprint density at radius 1 is 1.41 bits per heavy atom. The van der Waals surface area contributed by atoms with Crippen LogP contribution in [0.2, 0.25) is 5.15 Å². The summed E-state index contributed by atoms with van der Waals surface area (Å²) in [6, 6.07) is 8.21. The van der Waals surface area contributed by atoms with Crippen molar-refractivity contribution in [2.24, 2.45) is 0 Å². The molecule has 0 aliphatic rings. The first kappa shape index (κ1) is 12.0. The fourth-order valence-corrected chi connectivity index (χ4v) is 2.51. The number of aryl methyl sites for hydroxylation is 2. The molecular weight excluding hydrogens is 232 g/mol. The molecule has 0 radical (unpaired) electrons. The summed E-state index contributed by atoms with van der Waals surface area (Å²) in [7, 11) is 0. The van der Waals surface area contributed by atoms with Crippen molar-refractivity contribution in [3.63, 3.8) is 0 Å². The highest BCUT2D eigenvalue weighted by Gasteiger charge is 2.16. The summed E-state index contributed by atoms with van der Waals surface area (Å²) in [6.45, 7) is 5.08. The van der Waals surface area contributed by atoms with Gasteiger partial charge in [0.1, 0.15) is 11.2 Å². The van der Waals surface area contributed by atoms with E-state index in [0.717, 1.165) is 30.3 Å². The Labute approximate surface area is 106 Å². The van der Waals surface area contributed by atoms with Crippen LogP contribution in [-0.2, 0) is 6.54 Å². The van der Waals surface area contributed by atoms with Gasteiger partial charge in [-0.15, -0.1) is 0 Å². The van der Waals surface area contributed by atoms with Gasteiger partial charge >= 0.3 is 0 Å². The number of para-hydroxylation sites is 1. The molecule has 0 spiro atoms. The number of rotatable bonds is 3. The standard InChI is InChI=1S/C14H15ClN2/c1-3-4-8-17-13-10(2)6-5-7-11(13)12(9-16)14(17)15/h5-7H,3-4,8H2,1-2H3. The molecule has 88 valence electrons. The number of unbranched alkanes of at least 4 members (excludes halogenated alkanes) is 1. The highest BCUT2D eigenvalue weighted by molar-refractivity contribution is 6.32. The second-order valence-corrected chi connectivity index (χ2v) is 4.61. The maximum Gasteiger partial charge on any atom is 0.128 e. The van der Waals surface area contributed by atoms with Gasteiger partial charge in [-0.05, 0) is 18.9 Å². The molecule has 0 fully saturated rings. The normalized spacial score (nSPS) is 10.7. The number of halogens is 1. The lowest BCUT2D eigenvalue weighted by Crippen LogP contribution is -1.98. The summed E-state index contributed by atoms with van der Waals surface area (Å²) < 4.78 is 2.06. The molecule has 2 nitrogen and oxygen atoms in total. The molecule has 0 saturated heterocycles. The van der Waals surface area contributed by atoms with E-state index in [9.17, 15) is 5.26 Å². The zero-order chi connectivity index (χ0) is 12.4. The number of aromatic nitrogens is 1. The highest BCUT2D eigenvalue weighted by atomic mass is 35.5. The topological polar surface area (TPSA) is 28.7 Å². The van der Waals surface area contributed by atoms with Crippen LogP contribution in [0.5, 0.6) is 0 Å². The fourth-order valence-electron chi connectivity index (χ4n) is 2.20. The van der Waals surface area contributed by atoms with Crippen LogP contribution >= 0.6 is 11.6 Å². The first-order chi connectivity index (χ1) is 8.20. The van der Waals surface area contributed by atoms with Gasteiger partial charge in [0, 0.05) is 11.9 Å². The number of nitriles is 1. The Morgan fingerprint density at radius 2 is 2.18 bits per heavy atom. The summed E-state index contributed by atoms with van der Waals surface area (Å²) in [5, 5.41) is 10.7. The van der Waals surface area contributed by atoms with Gasteiger partial charge in [-0.1, -0.05) is 43.1 Å². The second-order valence-electron chi connectivity index (χ2n) is 4.25. The van der Waals surface area contributed by atoms with Crippen LogP contribution in [0, 0.1) is 18.3 Å². The first-order valence-corrected chi connectivity index (χ1v) is 6.26. The van der Waals surface area contributed by atoms with E-state index in [-0.39, 0.29) is 0 Å². The van der Waals surface area contributed by atoms with E-state index >= 15 is 0 Å². The minimum absolute atomic E-state index is 0.574. The maximum atomic E-state index is 9.20. The van der Waals surface area contributed by atoms with Crippen LogP contribution in [0.1, 0.15) is 30.9 Å². The molecule has 0 bridgehead atoms. The van der Waals surface area contributed by atoms with Gasteiger partial charge in [-0.25, -0.2) is 0 Å². The Kier molecular flexibility index (Phi) is 3.40. The third kappa shape index (κ3) is 1.92. The molecule has 1 aromatic heterocycles. The molecule has 0 amide bonds. The van der Waals surface area contributed by atoms with Crippen LogP contribution < -0.4 is 0 Å². The number of benzene rings is 1. The lowest BCUT2D eigenvalue weighted by molar-refractivity contribution is 0.649. The lowest BCUT2D eigenvalue weighted by Gasteiger charge is -2.07.